The third-order valence-corrected chi connectivity index (χ3v) is 14.6. The molecule has 2 aliphatic rings. The number of unbranched alkanes of at least 4 members (excludes halogenated alkanes) is 1. The van der Waals surface area contributed by atoms with Gasteiger partial charge in [-0.05, 0) is 106 Å². The summed E-state index contributed by atoms with van der Waals surface area (Å²) in [5.41, 5.74) is 0.907. The van der Waals surface area contributed by atoms with E-state index in [-0.39, 0.29) is 0 Å². The number of fused-ring (bicyclic) bond motifs is 2. The maximum Gasteiger partial charge on any atom is 0.183 e. The summed E-state index contributed by atoms with van der Waals surface area (Å²) < 4.78 is 18.8. The summed E-state index contributed by atoms with van der Waals surface area (Å²) in [5.74, 6) is 4.69. The molecule has 2 aliphatic carbocycles. The van der Waals surface area contributed by atoms with Crippen LogP contribution in [0.15, 0.2) is 0 Å². The van der Waals surface area contributed by atoms with E-state index in [1.807, 2.05) is 0 Å². The minimum Gasteiger partial charge on any atom is -0.419 e. The van der Waals surface area contributed by atoms with Gasteiger partial charge in [-0.25, -0.2) is 0 Å². The van der Waals surface area contributed by atoms with Crippen LogP contribution in [0.3, 0.4) is 0 Å². The van der Waals surface area contributed by atoms with Crippen molar-refractivity contribution in [3.05, 3.63) is 0 Å². The van der Waals surface area contributed by atoms with Gasteiger partial charge in [-0.3, -0.25) is 0 Å². The first-order valence-corrected chi connectivity index (χ1v) is 23.9. The number of rotatable bonds is 19. The largest absolute Gasteiger partial charge is 0.419 e. The zero-order valence-electron chi connectivity index (χ0n) is 25.2. The lowest BCUT2D eigenvalue weighted by Gasteiger charge is -2.41. The molecule has 2 saturated carbocycles. The second-order valence-electron chi connectivity index (χ2n) is 14.1. The van der Waals surface area contributed by atoms with E-state index in [4.69, 9.17) is 13.6 Å². The average molecular weight is 543 g/mol. The molecule has 7 unspecified atom stereocenters. The Bertz CT molecular complexity index is 574. The highest BCUT2D eigenvalue weighted by Gasteiger charge is 2.48. The normalized spacial score (nSPS) is 27.7. The van der Waals surface area contributed by atoms with Gasteiger partial charge in [0.05, 0.1) is 12.7 Å². The van der Waals surface area contributed by atoms with Gasteiger partial charge in [0.2, 0.25) is 0 Å². The minimum atomic E-state index is -1.47. The monoisotopic (exact) mass is 542 g/mol. The van der Waals surface area contributed by atoms with Gasteiger partial charge in [0, 0.05) is 21.3 Å². The van der Waals surface area contributed by atoms with Crippen molar-refractivity contribution >= 4 is 26.2 Å². The summed E-state index contributed by atoms with van der Waals surface area (Å²) in [6.07, 6.45) is 12.6. The van der Waals surface area contributed by atoms with E-state index in [9.17, 15) is 0 Å². The van der Waals surface area contributed by atoms with E-state index in [2.05, 4.69) is 60.1 Å². The van der Waals surface area contributed by atoms with Crippen LogP contribution in [-0.4, -0.2) is 52.1 Å². The van der Waals surface area contributed by atoms with Gasteiger partial charge < -0.3 is 13.6 Å². The Hall–Kier alpha value is 0.531. The Morgan fingerprint density at radius 2 is 1.60 bits per heavy atom. The predicted octanol–water partition coefficient (Wildman–Crippen LogP) is 8.13. The maximum absolute atomic E-state index is 6.57. The van der Waals surface area contributed by atoms with Crippen molar-refractivity contribution in [2.24, 2.45) is 29.6 Å². The van der Waals surface area contributed by atoms with Crippen LogP contribution in [0.4, 0.5) is 0 Å². The summed E-state index contributed by atoms with van der Waals surface area (Å²) in [5, 5.41) is 0. The smallest absolute Gasteiger partial charge is 0.183 e. The Kier molecular flexibility index (Phi) is 13.8. The van der Waals surface area contributed by atoms with Crippen LogP contribution >= 0.6 is 0 Å². The van der Waals surface area contributed by atoms with Crippen molar-refractivity contribution < 1.29 is 13.6 Å². The van der Waals surface area contributed by atoms with E-state index >= 15 is 0 Å². The van der Waals surface area contributed by atoms with Crippen LogP contribution in [0, 0.1) is 29.6 Å². The van der Waals surface area contributed by atoms with Gasteiger partial charge in [-0.15, -0.1) is 0 Å². The van der Waals surface area contributed by atoms with Crippen LogP contribution in [0.5, 0.6) is 0 Å². The fourth-order valence-corrected chi connectivity index (χ4v) is 12.3. The fourth-order valence-electron chi connectivity index (χ4n) is 7.08. The molecule has 2 bridgehead atoms. The summed E-state index contributed by atoms with van der Waals surface area (Å²) in [7, 11) is -3.19. The highest BCUT2D eigenvalue weighted by molar-refractivity contribution is 6.77. The first kappa shape index (κ1) is 31.7. The van der Waals surface area contributed by atoms with Crippen LogP contribution in [0.2, 0.25) is 50.9 Å². The van der Waals surface area contributed by atoms with Gasteiger partial charge in [0.25, 0.3) is 0 Å². The van der Waals surface area contributed by atoms with Gasteiger partial charge in [0.1, 0.15) is 0 Å². The molecular weight excluding hydrogens is 481 g/mol. The van der Waals surface area contributed by atoms with Crippen molar-refractivity contribution in [2.75, 3.05) is 19.8 Å². The van der Waals surface area contributed by atoms with E-state index in [0.29, 0.717) is 6.10 Å². The second kappa shape index (κ2) is 15.2. The maximum atomic E-state index is 6.57. The Morgan fingerprint density at radius 3 is 2.17 bits per heavy atom. The zero-order valence-corrected chi connectivity index (χ0v) is 28.6. The zero-order chi connectivity index (χ0) is 26.1. The average Bonchev–Trinajstić information content (AvgIpc) is 3.36. The molecule has 0 heterocycles. The van der Waals surface area contributed by atoms with Crippen LogP contribution in [0.25, 0.3) is 0 Å². The second-order valence-corrected chi connectivity index (χ2v) is 25.4. The molecule has 2 rings (SSSR count). The summed E-state index contributed by atoms with van der Waals surface area (Å²) >= 11 is 0. The number of hydrogen-bond acceptors (Lipinski definition) is 3. The van der Waals surface area contributed by atoms with Gasteiger partial charge in [-0.2, -0.15) is 0 Å². The molecule has 208 valence electrons. The van der Waals surface area contributed by atoms with Crippen molar-refractivity contribution in [1.29, 1.82) is 0 Å². The lowest BCUT2D eigenvalue weighted by atomic mass is 9.77. The van der Waals surface area contributed by atoms with Crippen LogP contribution in [0.1, 0.15) is 78.6 Å². The molecular formula is C29H62O3Si3. The molecule has 0 aromatic carbocycles. The molecule has 0 aromatic heterocycles. The van der Waals surface area contributed by atoms with Crippen molar-refractivity contribution in [3.8, 4) is 0 Å². The molecule has 0 saturated heterocycles. The highest BCUT2D eigenvalue weighted by Crippen LogP contribution is 2.56. The van der Waals surface area contributed by atoms with Crippen LogP contribution < -0.4 is 0 Å². The molecule has 0 spiro atoms. The topological polar surface area (TPSA) is 27.7 Å². The fraction of sp³-hybridized carbons (Fsp3) is 1.00. The van der Waals surface area contributed by atoms with Gasteiger partial charge in [-0.1, -0.05) is 53.3 Å². The molecule has 7 atom stereocenters. The third kappa shape index (κ3) is 11.0. The van der Waals surface area contributed by atoms with E-state index in [0.717, 1.165) is 67.8 Å². The molecule has 0 radical (unpaired) electrons. The molecule has 0 aromatic rings. The van der Waals surface area contributed by atoms with Crippen LogP contribution in [-0.2, 0) is 13.6 Å². The van der Waals surface area contributed by atoms with Gasteiger partial charge >= 0.3 is 0 Å². The Balaban J connectivity index is 1.96. The molecule has 3 nitrogen and oxygen atoms in total. The quantitative estimate of drug-likeness (QED) is 0.122. The Labute approximate surface area is 224 Å². The summed E-state index contributed by atoms with van der Waals surface area (Å²) in [6.45, 7) is 24.5. The molecule has 0 amide bonds. The molecule has 2 fully saturated rings. The van der Waals surface area contributed by atoms with Crippen molar-refractivity contribution in [3.63, 3.8) is 0 Å². The van der Waals surface area contributed by atoms with Crippen molar-refractivity contribution in [1.82, 2.24) is 0 Å². The van der Waals surface area contributed by atoms with Gasteiger partial charge in [0.15, 0.2) is 18.1 Å². The van der Waals surface area contributed by atoms with Crippen molar-refractivity contribution in [2.45, 2.75) is 136 Å². The molecule has 35 heavy (non-hydrogen) atoms. The molecule has 6 heteroatoms. The number of hydrogen-bond donors (Lipinski definition) is 0. The third-order valence-electron chi connectivity index (χ3n) is 8.94. The molecule has 0 aliphatic heterocycles. The first-order chi connectivity index (χ1) is 16.5. The standard InChI is InChI=1S/C29H62O3Si3/c1-10-13-14-24(20-31-35(7,8)9)29(34(4,5)6)19-25-16-23-17-26(28(25)18-23)22-33-32-27(12-3)21-30-15-11-2/h23-29H,10-22,33H2,1-9H3. The predicted molar refractivity (Wildman–Crippen MR) is 161 cm³/mol. The first-order valence-electron chi connectivity index (χ1n) is 15.3. The van der Waals surface area contributed by atoms with E-state index < -0.39 is 26.2 Å². The number of ether oxygens (including phenoxy) is 1. The minimum absolute atomic E-state index is 0.338. The van der Waals surface area contributed by atoms with E-state index in [1.54, 1.807) is 0 Å². The molecule has 0 N–H and O–H groups in total. The highest BCUT2D eigenvalue weighted by atomic mass is 28.4. The summed E-state index contributed by atoms with van der Waals surface area (Å²) in [6, 6.07) is 1.40. The van der Waals surface area contributed by atoms with E-state index in [1.165, 1.54) is 51.0 Å². The summed E-state index contributed by atoms with van der Waals surface area (Å²) in [4.78, 5) is 0. The lowest BCUT2D eigenvalue weighted by molar-refractivity contribution is 0.0494. The lowest BCUT2D eigenvalue weighted by Crippen LogP contribution is -2.39. The Morgan fingerprint density at radius 1 is 0.886 bits per heavy atom. The SMILES string of the molecule is CCCCC(CO[Si](C)(C)C)C(CC1CC2CC(C[SiH2]OC(CC)COCCC)C1C2)[Si](C)(C)C.